The van der Waals surface area contributed by atoms with Gasteiger partial charge in [0.05, 0.1) is 5.92 Å². The maximum absolute atomic E-state index is 13.7. The zero-order valence-corrected chi connectivity index (χ0v) is 13.8. The van der Waals surface area contributed by atoms with Gasteiger partial charge in [-0.05, 0) is 25.8 Å². The van der Waals surface area contributed by atoms with Gasteiger partial charge in [0.1, 0.15) is 11.6 Å². The van der Waals surface area contributed by atoms with Crippen molar-refractivity contribution in [2.45, 2.75) is 44.7 Å². The summed E-state index contributed by atoms with van der Waals surface area (Å²) in [5.41, 5.74) is 6.03. The lowest BCUT2D eigenvalue weighted by Crippen LogP contribution is -2.53. The van der Waals surface area contributed by atoms with Gasteiger partial charge in [-0.3, -0.25) is 4.79 Å². The van der Waals surface area contributed by atoms with Crippen LogP contribution in [0.3, 0.4) is 0 Å². The Labute approximate surface area is 136 Å². The summed E-state index contributed by atoms with van der Waals surface area (Å²) in [6.45, 7) is 2.03. The van der Waals surface area contributed by atoms with Gasteiger partial charge in [-0.15, -0.1) is 12.4 Å². The number of halogens is 3. The van der Waals surface area contributed by atoms with Crippen molar-refractivity contribution in [2.75, 3.05) is 7.05 Å². The van der Waals surface area contributed by atoms with E-state index in [0.29, 0.717) is 5.56 Å². The molecule has 6 heteroatoms. The van der Waals surface area contributed by atoms with Crippen molar-refractivity contribution in [3.8, 4) is 0 Å². The molecule has 1 aliphatic rings. The van der Waals surface area contributed by atoms with Gasteiger partial charge in [-0.25, -0.2) is 8.78 Å². The predicted octanol–water partition coefficient (Wildman–Crippen LogP) is 3.25. The van der Waals surface area contributed by atoms with E-state index in [4.69, 9.17) is 5.73 Å². The van der Waals surface area contributed by atoms with Crippen molar-refractivity contribution in [2.24, 2.45) is 11.7 Å². The van der Waals surface area contributed by atoms with Crippen molar-refractivity contribution < 1.29 is 13.6 Å². The highest BCUT2D eigenvalue weighted by Gasteiger charge is 2.39. The molecule has 2 N–H and O–H groups in total. The molecule has 2 rings (SSSR count). The summed E-state index contributed by atoms with van der Waals surface area (Å²) in [6.07, 6.45) is 3.61. The molecule has 1 fully saturated rings. The molecule has 124 valence electrons. The first-order valence-electron chi connectivity index (χ1n) is 7.29. The number of hydrogen-bond acceptors (Lipinski definition) is 2. The first kappa shape index (κ1) is 18.8. The van der Waals surface area contributed by atoms with Crippen LogP contribution in [0, 0.1) is 17.6 Å². The van der Waals surface area contributed by atoms with Crippen LogP contribution in [0.4, 0.5) is 8.78 Å². The summed E-state index contributed by atoms with van der Waals surface area (Å²) in [4.78, 5) is 14.0. The lowest BCUT2D eigenvalue weighted by Gasteiger charge is -2.39. The molecule has 1 saturated carbocycles. The first-order valence-corrected chi connectivity index (χ1v) is 7.29. The Kier molecular flexibility index (Phi) is 6.32. The van der Waals surface area contributed by atoms with Gasteiger partial charge in [-0.2, -0.15) is 0 Å². The Hall–Kier alpha value is -1.20. The molecule has 0 heterocycles. The maximum atomic E-state index is 13.7. The molecule has 0 saturated heterocycles. The molecule has 1 aromatic rings. The molecule has 0 spiro atoms. The average molecular weight is 333 g/mol. The van der Waals surface area contributed by atoms with Crippen LogP contribution in [0.2, 0.25) is 0 Å². The van der Waals surface area contributed by atoms with E-state index in [1.807, 2.05) is 6.92 Å². The van der Waals surface area contributed by atoms with Gasteiger partial charge in [0.2, 0.25) is 5.91 Å². The van der Waals surface area contributed by atoms with Crippen LogP contribution in [0.25, 0.3) is 0 Å². The molecule has 3 nitrogen and oxygen atoms in total. The number of benzene rings is 1. The van der Waals surface area contributed by atoms with E-state index < -0.39 is 17.2 Å². The van der Waals surface area contributed by atoms with Crippen LogP contribution in [0.5, 0.6) is 0 Å². The third-order valence-corrected chi connectivity index (χ3v) is 4.35. The van der Waals surface area contributed by atoms with Crippen molar-refractivity contribution in [1.29, 1.82) is 0 Å². The van der Waals surface area contributed by atoms with E-state index in [0.717, 1.165) is 31.7 Å². The molecule has 1 aromatic carbocycles. The van der Waals surface area contributed by atoms with E-state index in [2.05, 4.69) is 0 Å². The van der Waals surface area contributed by atoms with Crippen LogP contribution >= 0.6 is 12.4 Å². The summed E-state index contributed by atoms with van der Waals surface area (Å²) in [5.74, 6) is -1.55. The van der Waals surface area contributed by atoms with Gasteiger partial charge in [0.25, 0.3) is 0 Å². The van der Waals surface area contributed by atoms with Crippen LogP contribution < -0.4 is 5.73 Å². The number of nitrogens with zero attached hydrogens (tertiary/aromatic N) is 1. The highest BCUT2D eigenvalue weighted by atomic mass is 35.5. The monoisotopic (exact) mass is 332 g/mol. The molecule has 2 unspecified atom stereocenters. The molecule has 1 aliphatic carbocycles. The third-order valence-electron chi connectivity index (χ3n) is 4.35. The van der Waals surface area contributed by atoms with Crippen molar-refractivity contribution >= 4 is 18.3 Å². The Balaban J connectivity index is 0.00000242. The summed E-state index contributed by atoms with van der Waals surface area (Å²) < 4.78 is 26.6. The zero-order valence-electron chi connectivity index (χ0n) is 12.9. The molecule has 0 bridgehead atoms. The van der Waals surface area contributed by atoms with E-state index in [1.54, 1.807) is 7.05 Å². The normalized spacial score (nSPS) is 24.5. The first-order chi connectivity index (χ1) is 9.81. The lowest BCUT2D eigenvalue weighted by atomic mass is 9.74. The topological polar surface area (TPSA) is 46.3 Å². The summed E-state index contributed by atoms with van der Waals surface area (Å²) in [5, 5.41) is 0. The minimum Gasteiger partial charge on any atom is -0.341 e. The minimum absolute atomic E-state index is 0. The van der Waals surface area contributed by atoms with E-state index in [9.17, 15) is 13.6 Å². The predicted molar refractivity (Wildman–Crippen MR) is 84.6 cm³/mol. The molecular weight excluding hydrogens is 310 g/mol. The second-order valence-electron chi connectivity index (χ2n) is 6.23. The number of hydrogen-bond donors (Lipinski definition) is 1. The van der Waals surface area contributed by atoms with Crippen molar-refractivity contribution in [3.63, 3.8) is 0 Å². The molecule has 0 aliphatic heterocycles. The Morgan fingerprint density at radius 2 is 2.09 bits per heavy atom. The second kappa shape index (κ2) is 7.38. The Morgan fingerprint density at radius 3 is 2.68 bits per heavy atom. The van der Waals surface area contributed by atoms with E-state index >= 15 is 0 Å². The van der Waals surface area contributed by atoms with Crippen LogP contribution in [-0.4, -0.2) is 23.4 Å². The summed E-state index contributed by atoms with van der Waals surface area (Å²) in [6, 6.07) is 3.41. The summed E-state index contributed by atoms with van der Waals surface area (Å²) >= 11 is 0. The van der Waals surface area contributed by atoms with Gasteiger partial charge in [0.15, 0.2) is 0 Å². The van der Waals surface area contributed by atoms with Crippen LogP contribution in [-0.2, 0) is 11.3 Å². The SMILES string of the molecule is CN(Cc1ccc(F)cc1F)C(=O)C1CCCCC1(C)N.Cl. The van der Waals surface area contributed by atoms with Gasteiger partial charge in [-0.1, -0.05) is 18.9 Å². The van der Waals surface area contributed by atoms with Gasteiger partial charge < -0.3 is 10.6 Å². The standard InChI is InChI=1S/C16H22F2N2O.ClH/c1-16(19)8-4-3-5-13(16)15(21)20(2)10-11-6-7-12(17)9-14(11)18;/h6-7,9,13H,3-5,8,10,19H2,1-2H3;1H. The fraction of sp³-hybridized carbons (Fsp3) is 0.562. The number of carbonyl (C=O) groups is 1. The summed E-state index contributed by atoms with van der Waals surface area (Å²) in [7, 11) is 1.63. The Morgan fingerprint density at radius 1 is 1.41 bits per heavy atom. The van der Waals surface area contributed by atoms with E-state index in [-0.39, 0.29) is 30.8 Å². The Bertz CT molecular complexity index is 537. The third kappa shape index (κ3) is 4.17. The molecule has 0 aromatic heterocycles. The quantitative estimate of drug-likeness (QED) is 0.923. The van der Waals surface area contributed by atoms with Crippen molar-refractivity contribution in [1.82, 2.24) is 4.90 Å². The highest BCUT2D eigenvalue weighted by Crippen LogP contribution is 2.33. The lowest BCUT2D eigenvalue weighted by molar-refractivity contribution is -0.138. The largest absolute Gasteiger partial charge is 0.341 e. The molecule has 1 amide bonds. The molecular formula is C16H23ClF2N2O. The van der Waals surface area contributed by atoms with Crippen molar-refractivity contribution in [3.05, 3.63) is 35.4 Å². The second-order valence-corrected chi connectivity index (χ2v) is 6.23. The van der Waals surface area contributed by atoms with Crippen LogP contribution in [0.15, 0.2) is 18.2 Å². The maximum Gasteiger partial charge on any atom is 0.227 e. The van der Waals surface area contributed by atoms with Gasteiger partial charge >= 0.3 is 0 Å². The van der Waals surface area contributed by atoms with Gasteiger partial charge in [0, 0.05) is 30.8 Å². The van der Waals surface area contributed by atoms with Crippen LogP contribution in [0.1, 0.15) is 38.2 Å². The molecule has 0 radical (unpaired) electrons. The fourth-order valence-electron chi connectivity index (χ4n) is 3.01. The highest BCUT2D eigenvalue weighted by molar-refractivity contribution is 5.85. The number of carbonyl (C=O) groups excluding carboxylic acids is 1. The fourth-order valence-corrected chi connectivity index (χ4v) is 3.01. The number of rotatable bonds is 3. The average Bonchev–Trinajstić information content (AvgIpc) is 2.40. The molecule has 2 atom stereocenters. The smallest absolute Gasteiger partial charge is 0.227 e. The molecule has 22 heavy (non-hydrogen) atoms. The van der Waals surface area contributed by atoms with E-state index in [1.165, 1.54) is 17.0 Å². The number of amides is 1. The minimum atomic E-state index is -0.631. The zero-order chi connectivity index (χ0) is 15.6. The number of nitrogens with two attached hydrogens (primary N) is 1.